The van der Waals surface area contributed by atoms with Crippen molar-refractivity contribution in [1.82, 2.24) is 4.98 Å². The van der Waals surface area contributed by atoms with Crippen LogP contribution in [-0.4, -0.2) is 4.98 Å². The Morgan fingerprint density at radius 1 is 1.22 bits per heavy atom. The highest BCUT2D eigenvalue weighted by atomic mass is 35.5. The second kappa shape index (κ2) is 5.00. The van der Waals surface area contributed by atoms with Gasteiger partial charge in [0.2, 0.25) is 0 Å². The first-order valence-electron chi connectivity index (χ1n) is 5.11. The van der Waals surface area contributed by atoms with Crippen molar-refractivity contribution in [1.29, 1.82) is 0 Å². The zero-order chi connectivity index (χ0) is 13.3. The summed E-state index contributed by atoms with van der Waals surface area (Å²) in [4.78, 5) is 4.14. The molecule has 94 valence electrons. The molecule has 0 radical (unpaired) electrons. The lowest BCUT2D eigenvalue weighted by Gasteiger charge is -2.10. The van der Waals surface area contributed by atoms with Crippen LogP contribution < -0.4 is 11.1 Å². The third-order valence-corrected chi connectivity index (χ3v) is 2.85. The molecule has 0 spiro atoms. The largest absolute Gasteiger partial charge is 0.396 e. The molecular weight excluding hydrogens is 276 g/mol. The summed E-state index contributed by atoms with van der Waals surface area (Å²) < 4.78 is 13.2. The lowest BCUT2D eigenvalue weighted by molar-refractivity contribution is 0.629. The van der Waals surface area contributed by atoms with Crippen molar-refractivity contribution in [3.8, 4) is 0 Å². The molecule has 18 heavy (non-hydrogen) atoms. The molecule has 0 amide bonds. The maximum atomic E-state index is 13.2. The second-order valence-corrected chi connectivity index (χ2v) is 4.64. The van der Waals surface area contributed by atoms with E-state index in [1.165, 1.54) is 12.1 Å². The van der Waals surface area contributed by atoms with Crippen molar-refractivity contribution in [2.45, 2.75) is 6.92 Å². The minimum Gasteiger partial charge on any atom is -0.396 e. The maximum absolute atomic E-state index is 13.2. The van der Waals surface area contributed by atoms with Crippen LogP contribution in [0.5, 0.6) is 0 Å². The Morgan fingerprint density at radius 2 is 1.83 bits per heavy atom. The van der Waals surface area contributed by atoms with E-state index in [1.54, 1.807) is 12.3 Å². The van der Waals surface area contributed by atoms with Gasteiger partial charge in [-0.1, -0.05) is 23.2 Å². The molecule has 1 heterocycles. The lowest BCUT2D eigenvalue weighted by Crippen LogP contribution is -2.00. The molecule has 0 unspecified atom stereocenters. The summed E-state index contributed by atoms with van der Waals surface area (Å²) in [5, 5.41) is 2.82. The molecule has 0 aliphatic carbocycles. The first kappa shape index (κ1) is 12.9. The molecule has 0 saturated heterocycles. The monoisotopic (exact) mass is 285 g/mol. The number of pyridine rings is 1. The molecule has 1 aromatic heterocycles. The zero-order valence-corrected chi connectivity index (χ0v) is 11.0. The number of hydrogen-bond donors (Lipinski definition) is 2. The van der Waals surface area contributed by atoms with E-state index in [0.29, 0.717) is 17.2 Å². The number of halogens is 3. The number of hydrogen-bond acceptors (Lipinski definition) is 3. The van der Waals surface area contributed by atoms with Gasteiger partial charge in [-0.25, -0.2) is 9.37 Å². The number of anilines is 3. The van der Waals surface area contributed by atoms with Crippen LogP contribution in [0.25, 0.3) is 0 Å². The number of aryl methyl sites for hydroxylation is 1. The van der Waals surface area contributed by atoms with E-state index >= 15 is 0 Å². The first-order chi connectivity index (χ1) is 8.47. The van der Waals surface area contributed by atoms with Crippen LogP contribution >= 0.6 is 23.2 Å². The number of nitrogens with two attached hydrogens (primary N) is 1. The molecule has 0 fully saturated rings. The normalized spacial score (nSPS) is 10.4. The molecular formula is C12H10Cl2FN3. The van der Waals surface area contributed by atoms with Gasteiger partial charge in [-0.15, -0.1) is 0 Å². The van der Waals surface area contributed by atoms with Crippen LogP contribution in [0.1, 0.15) is 5.56 Å². The summed E-state index contributed by atoms with van der Waals surface area (Å²) >= 11 is 11.4. The minimum absolute atomic E-state index is 0.0596. The number of nitrogen functional groups attached to an aromatic ring is 1. The van der Waals surface area contributed by atoms with Gasteiger partial charge in [0.1, 0.15) is 0 Å². The van der Waals surface area contributed by atoms with Gasteiger partial charge in [0.25, 0.3) is 0 Å². The Balaban J connectivity index is 2.34. The van der Waals surface area contributed by atoms with E-state index in [-0.39, 0.29) is 10.0 Å². The van der Waals surface area contributed by atoms with E-state index < -0.39 is 5.82 Å². The zero-order valence-electron chi connectivity index (χ0n) is 9.47. The number of nitrogens with one attached hydrogen (secondary N) is 1. The molecule has 0 bridgehead atoms. The number of benzene rings is 1. The molecule has 1 aromatic carbocycles. The summed E-state index contributed by atoms with van der Waals surface area (Å²) in [5.74, 6) is -0.173. The van der Waals surface area contributed by atoms with E-state index in [9.17, 15) is 4.39 Å². The molecule has 0 saturated carbocycles. The van der Waals surface area contributed by atoms with Crippen LogP contribution in [0.2, 0.25) is 10.0 Å². The third-order valence-electron chi connectivity index (χ3n) is 2.30. The Hall–Kier alpha value is -1.52. The van der Waals surface area contributed by atoms with Gasteiger partial charge < -0.3 is 11.1 Å². The maximum Gasteiger partial charge on any atom is 0.160 e. The van der Waals surface area contributed by atoms with Crippen molar-refractivity contribution in [3.63, 3.8) is 0 Å². The van der Waals surface area contributed by atoms with Crippen molar-refractivity contribution < 1.29 is 4.39 Å². The van der Waals surface area contributed by atoms with Crippen molar-refractivity contribution in [3.05, 3.63) is 45.8 Å². The molecule has 0 atom stereocenters. The summed E-state index contributed by atoms with van der Waals surface area (Å²) in [6.45, 7) is 1.89. The van der Waals surface area contributed by atoms with Gasteiger partial charge >= 0.3 is 0 Å². The Kier molecular flexibility index (Phi) is 3.59. The molecule has 2 aromatic rings. The Labute approximate surface area is 114 Å². The van der Waals surface area contributed by atoms with Crippen LogP contribution in [0.4, 0.5) is 21.6 Å². The lowest BCUT2D eigenvalue weighted by atomic mass is 10.2. The van der Waals surface area contributed by atoms with Gasteiger partial charge in [0.15, 0.2) is 11.6 Å². The quantitative estimate of drug-likeness (QED) is 0.815. The van der Waals surface area contributed by atoms with Crippen LogP contribution in [0.15, 0.2) is 24.4 Å². The average Bonchev–Trinajstić information content (AvgIpc) is 2.29. The van der Waals surface area contributed by atoms with Gasteiger partial charge in [0.05, 0.1) is 15.7 Å². The van der Waals surface area contributed by atoms with Crippen molar-refractivity contribution in [2.24, 2.45) is 0 Å². The molecule has 3 nitrogen and oxygen atoms in total. The SMILES string of the molecule is Cc1cnc(Nc2cc(Cl)c(F)c(Cl)c2)c(N)c1. The minimum atomic E-state index is -0.645. The molecule has 0 aliphatic rings. The fraction of sp³-hybridized carbons (Fsp3) is 0.0833. The van der Waals surface area contributed by atoms with Gasteiger partial charge in [-0.3, -0.25) is 0 Å². The molecule has 6 heteroatoms. The molecule has 0 aliphatic heterocycles. The van der Waals surface area contributed by atoms with Crippen molar-refractivity contribution >= 4 is 40.4 Å². The third kappa shape index (κ3) is 2.66. The van der Waals surface area contributed by atoms with E-state index in [0.717, 1.165) is 5.56 Å². The topological polar surface area (TPSA) is 50.9 Å². The summed E-state index contributed by atoms with van der Waals surface area (Å²) in [6, 6.07) is 4.62. The van der Waals surface area contributed by atoms with Crippen LogP contribution in [0, 0.1) is 12.7 Å². The Bertz CT molecular complexity index is 579. The fourth-order valence-electron chi connectivity index (χ4n) is 1.46. The average molecular weight is 286 g/mol. The highest BCUT2D eigenvalue weighted by Gasteiger charge is 2.09. The van der Waals surface area contributed by atoms with Crippen LogP contribution in [-0.2, 0) is 0 Å². The molecule has 2 rings (SSSR count). The van der Waals surface area contributed by atoms with Crippen LogP contribution in [0.3, 0.4) is 0 Å². The van der Waals surface area contributed by atoms with Gasteiger partial charge in [-0.05, 0) is 30.7 Å². The summed E-state index contributed by atoms with van der Waals surface area (Å²) in [7, 11) is 0. The van der Waals surface area contributed by atoms with Gasteiger partial charge in [0, 0.05) is 11.9 Å². The highest BCUT2D eigenvalue weighted by molar-refractivity contribution is 6.35. The standard InChI is InChI=1S/C12H10Cl2FN3/c1-6-2-10(16)12(17-5-6)18-7-3-8(13)11(15)9(14)4-7/h2-5H,16H2,1H3,(H,17,18). The summed E-state index contributed by atoms with van der Waals surface area (Å²) in [5.41, 5.74) is 7.78. The smallest absolute Gasteiger partial charge is 0.160 e. The van der Waals surface area contributed by atoms with Gasteiger partial charge in [-0.2, -0.15) is 0 Å². The van der Waals surface area contributed by atoms with E-state index in [2.05, 4.69) is 10.3 Å². The van der Waals surface area contributed by atoms with E-state index in [4.69, 9.17) is 28.9 Å². The number of rotatable bonds is 2. The van der Waals surface area contributed by atoms with Crippen molar-refractivity contribution in [2.75, 3.05) is 11.1 Å². The van der Waals surface area contributed by atoms with E-state index in [1.807, 2.05) is 6.92 Å². The number of aromatic nitrogens is 1. The number of nitrogens with zero attached hydrogens (tertiary/aromatic N) is 1. The molecule has 3 N–H and O–H groups in total. The predicted molar refractivity (Wildman–Crippen MR) is 73.1 cm³/mol. The first-order valence-corrected chi connectivity index (χ1v) is 5.86. The fourth-order valence-corrected chi connectivity index (χ4v) is 1.95. The summed E-state index contributed by atoms with van der Waals surface area (Å²) in [6.07, 6.45) is 1.67. The predicted octanol–water partition coefficient (Wildman–Crippen LogP) is 4.16. The highest BCUT2D eigenvalue weighted by Crippen LogP contribution is 2.29. The Morgan fingerprint density at radius 3 is 2.39 bits per heavy atom. The second-order valence-electron chi connectivity index (χ2n) is 3.83.